The monoisotopic (exact) mass is 461 g/mol. The quantitative estimate of drug-likeness (QED) is 0.436. The molecular weight excluding hydrogens is 437 g/mol. The van der Waals surface area contributed by atoms with E-state index in [-0.39, 0.29) is 11.7 Å². The third-order valence-electron chi connectivity index (χ3n) is 6.01. The zero-order valence-electron chi connectivity index (χ0n) is 18.8. The summed E-state index contributed by atoms with van der Waals surface area (Å²) in [6.07, 6.45) is 2.64. The number of rotatable bonds is 6. The fourth-order valence-electron chi connectivity index (χ4n) is 4.09. The smallest absolute Gasteiger partial charge is 0.223 e. The zero-order chi connectivity index (χ0) is 23.5. The number of ether oxygens (including phenoxy) is 1. The SMILES string of the molecule is COc1ccc(CCC(=O)N2CCN(c3ncnc4c3nnn4-c3ccc(F)cc3)CC2)cc1. The van der Waals surface area contributed by atoms with E-state index in [2.05, 4.69) is 25.2 Å². The van der Waals surface area contributed by atoms with Crippen LogP contribution in [0, 0.1) is 5.82 Å². The fraction of sp³-hybridized carbons (Fsp3) is 0.292. The average Bonchev–Trinajstić information content (AvgIpc) is 3.32. The van der Waals surface area contributed by atoms with Crippen molar-refractivity contribution in [3.63, 3.8) is 0 Å². The second-order valence-electron chi connectivity index (χ2n) is 8.06. The van der Waals surface area contributed by atoms with E-state index in [4.69, 9.17) is 4.74 Å². The molecule has 0 spiro atoms. The number of carbonyl (C=O) groups excluding carboxylic acids is 1. The van der Waals surface area contributed by atoms with Gasteiger partial charge in [-0.25, -0.2) is 14.4 Å². The molecule has 1 fully saturated rings. The molecule has 0 atom stereocenters. The molecule has 2 aromatic heterocycles. The summed E-state index contributed by atoms with van der Waals surface area (Å²) >= 11 is 0. The molecule has 0 aliphatic carbocycles. The molecule has 4 aromatic rings. The number of amides is 1. The highest BCUT2D eigenvalue weighted by Crippen LogP contribution is 2.24. The van der Waals surface area contributed by atoms with Crippen molar-refractivity contribution < 1.29 is 13.9 Å². The molecule has 1 aliphatic heterocycles. The minimum absolute atomic E-state index is 0.144. The minimum atomic E-state index is -0.320. The number of piperazine rings is 1. The molecule has 3 heterocycles. The molecule has 1 aliphatic rings. The van der Waals surface area contributed by atoms with E-state index in [1.54, 1.807) is 23.9 Å². The number of methoxy groups -OCH3 is 1. The average molecular weight is 462 g/mol. The molecule has 0 unspecified atom stereocenters. The summed E-state index contributed by atoms with van der Waals surface area (Å²) in [5.41, 5.74) is 2.90. The molecule has 34 heavy (non-hydrogen) atoms. The van der Waals surface area contributed by atoms with Crippen molar-refractivity contribution in [2.75, 3.05) is 38.2 Å². The number of hydrogen-bond donors (Lipinski definition) is 0. The van der Waals surface area contributed by atoms with Crippen LogP contribution in [0.5, 0.6) is 5.75 Å². The number of aromatic nitrogens is 5. The second kappa shape index (κ2) is 9.42. The summed E-state index contributed by atoms with van der Waals surface area (Å²) < 4.78 is 20.0. The maximum absolute atomic E-state index is 13.3. The maximum atomic E-state index is 13.3. The van der Waals surface area contributed by atoms with E-state index < -0.39 is 0 Å². The van der Waals surface area contributed by atoms with Crippen LogP contribution >= 0.6 is 0 Å². The number of halogens is 1. The summed E-state index contributed by atoms with van der Waals surface area (Å²) in [5, 5.41) is 8.49. The Labute approximate surface area is 195 Å². The lowest BCUT2D eigenvalue weighted by atomic mass is 10.1. The van der Waals surface area contributed by atoms with Crippen molar-refractivity contribution in [2.45, 2.75) is 12.8 Å². The predicted molar refractivity (Wildman–Crippen MR) is 125 cm³/mol. The van der Waals surface area contributed by atoms with Gasteiger partial charge in [-0.2, -0.15) is 4.68 Å². The summed E-state index contributed by atoms with van der Waals surface area (Å²) in [6, 6.07) is 13.8. The Morgan fingerprint density at radius 1 is 1.00 bits per heavy atom. The lowest BCUT2D eigenvalue weighted by Crippen LogP contribution is -2.49. The standard InChI is InChI=1S/C24H24FN7O2/c1-34-20-9-2-17(3-10-20)4-11-21(33)30-12-14-31(15-13-30)23-22-24(27-16-26-23)32(29-28-22)19-7-5-18(25)6-8-19/h2-3,5-10,16H,4,11-15H2,1H3. The van der Waals surface area contributed by atoms with Gasteiger partial charge in [-0.05, 0) is 48.4 Å². The Kier molecular flexibility index (Phi) is 6.03. The van der Waals surface area contributed by atoms with E-state index in [0.29, 0.717) is 61.7 Å². The topological polar surface area (TPSA) is 89.3 Å². The molecule has 1 saturated heterocycles. The fourth-order valence-corrected chi connectivity index (χ4v) is 4.09. The first kappa shape index (κ1) is 21.7. The van der Waals surface area contributed by atoms with Gasteiger partial charge in [0.1, 0.15) is 17.9 Å². The van der Waals surface area contributed by atoms with E-state index in [1.807, 2.05) is 29.2 Å². The lowest BCUT2D eigenvalue weighted by molar-refractivity contribution is -0.131. The Bertz CT molecular complexity index is 1280. The Morgan fingerprint density at radius 3 is 2.44 bits per heavy atom. The molecule has 0 N–H and O–H groups in total. The lowest BCUT2D eigenvalue weighted by Gasteiger charge is -2.35. The van der Waals surface area contributed by atoms with Gasteiger partial charge < -0.3 is 14.5 Å². The molecule has 0 radical (unpaired) electrons. The van der Waals surface area contributed by atoms with E-state index >= 15 is 0 Å². The first-order valence-corrected chi connectivity index (χ1v) is 11.1. The van der Waals surface area contributed by atoms with Crippen LogP contribution in [-0.2, 0) is 11.2 Å². The molecule has 0 saturated carbocycles. The van der Waals surface area contributed by atoms with Gasteiger partial charge in [0.25, 0.3) is 0 Å². The van der Waals surface area contributed by atoms with Crippen LogP contribution in [0.4, 0.5) is 10.2 Å². The van der Waals surface area contributed by atoms with Gasteiger partial charge in [0.2, 0.25) is 5.91 Å². The van der Waals surface area contributed by atoms with Crippen LogP contribution < -0.4 is 9.64 Å². The van der Waals surface area contributed by atoms with Crippen molar-refractivity contribution in [3.05, 3.63) is 66.2 Å². The van der Waals surface area contributed by atoms with Gasteiger partial charge in [-0.3, -0.25) is 4.79 Å². The van der Waals surface area contributed by atoms with Crippen molar-refractivity contribution >= 4 is 22.9 Å². The van der Waals surface area contributed by atoms with Gasteiger partial charge in [-0.1, -0.05) is 17.3 Å². The van der Waals surface area contributed by atoms with Crippen LogP contribution in [0.3, 0.4) is 0 Å². The first-order chi connectivity index (χ1) is 16.6. The Hall–Kier alpha value is -4.08. The Balaban J connectivity index is 1.23. The highest BCUT2D eigenvalue weighted by Gasteiger charge is 2.24. The van der Waals surface area contributed by atoms with Gasteiger partial charge >= 0.3 is 0 Å². The molecular formula is C24H24FN7O2. The zero-order valence-corrected chi connectivity index (χ0v) is 18.8. The number of nitrogens with zero attached hydrogens (tertiary/aromatic N) is 7. The van der Waals surface area contributed by atoms with Crippen molar-refractivity contribution in [1.29, 1.82) is 0 Å². The van der Waals surface area contributed by atoms with E-state index in [9.17, 15) is 9.18 Å². The number of carbonyl (C=O) groups is 1. The number of hydrogen-bond acceptors (Lipinski definition) is 7. The molecule has 2 aromatic carbocycles. The summed E-state index contributed by atoms with van der Waals surface area (Å²) in [6.45, 7) is 2.51. The van der Waals surface area contributed by atoms with Crippen LogP contribution in [0.15, 0.2) is 54.9 Å². The molecule has 10 heteroatoms. The summed E-state index contributed by atoms with van der Waals surface area (Å²) in [5.74, 6) is 1.32. The van der Waals surface area contributed by atoms with Crippen molar-refractivity contribution in [3.8, 4) is 11.4 Å². The first-order valence-electron chi connectivity index (χ1n) is 11.1. The maximum Gasteiger partial charge on any atom is 0.223 e. The van der Waals surface area contributed by atoms with E-state index in [1.165, 1.54) is 18.5 Å². The molecule has 174 valence electrons. The predicted octanol–water partition coefficient (Wildman–Crippen LogP) is 2.64. The van der Waals surface area contributed by atoms with Gasteiger partial charge in [0.05, 0.1) is 12.8 Å². The normalized spacial score (nSPS) is 13.9. The van der Waals surface area contributed by atoms with Crippen molar-refractivity contribution in [1.82, 2.24) is 29.9 Å². The van der Waals surface area contributed by atoms with Crippen LogP contribution in [-0.4, -0.2) is 69.1 Å². The third kappa shape index (κ3) is 4.39. The molecule has 5 rings (SSSR count). The van der Waals surface area contributed by atoms with Crippen molar-refractivity contribution in [2.24, 2.45) is 0 Å². The van der Waals surface area contributed by atoms with Gasteiger partial charge in [0, 0.05) is 32.6 Å². The molecule has 1 amide bonds. The largest absolute Gasteiger partial charge is 0.497 e. The molecule has 9 nitrogen and oxygen atoms in total. The van der Waals surface area contributed by atoms with Gasteiger partial charge in [0.15, 0.2) is 17.0 Å². The van der Waals surface area contributed by atoms with Crippen LogP contribution in [0.25, 0.3) is 16.9 Å². The number of aryl methyl sites for hydroxylation is 1. The second-order valence-corrected chi connectivity index (χ2v) is 8.06. The number of anilines is 1. The Morgan fingerprint density at radius 2 is 1.74 bits per heavy atom. The summed E-state index contributed by atoms with van der Waals surface area (Å²) in [4.78, 5) is 25.5. The van der Waals surface area contributed by atoms with Crippen LogP contribution in [0.1, 0.15) is 12.0 Å². The van der Waals surface area contributed by atoms with Gasteiger partial charge in [-0.15, -0.1) is 5.10 Å². The minimum Gasteiger partial charge on any atom is -0.497 e. The van der Waals surface area contributed by atoms with E-state index in [0.717, 1.165) is 11.3 Å². The van der Waals surface area contributed by atoms with Crippen LogP contribution in [0.2, 0.25) is 0 Å². The molecule has 0 bridgehead atoms. The third-order valence-corrected chi connectivity index (χ3v) is 6.01. The number of fused-ring (bicyclic) bond motifs is 1. The summed E-state index contributed by atoms with van der Waals surface area (Å²) in [7, 11) is 1.64. The number of benzene rings is 2. The highest BCUT2D eigenvalue weighted by molar-refractivity contribution is 5.84. The highest BCUT2D eigenvalue weighted by atomic mass is 19.1.